The van der Waals surface area contributed by atoms with Crippen molar-refractivity contribution in [3.63, 3.8) is 0 Å². The second-order valence-electron chi connectivity index (χ2n) is 5.67. The maximum atomic E-state index is 13.7. The fraction of sp³-hybridized carbons (Fsp3) is 0.100. The van der Waals surface area contributed by atoms with E-state index in [4.69, 9.17) is 16.3 Å². The van der Waals surface area contributed by atoms with Crippen LogP contribution in [0, 0.1) is 5.82 Å². The average molecular weight is 386 g/mol. The molecule has 1 heterocycles. The molecule has 7 heteroatoms. The molecule has 0 spiro atoms. The molecule has 0 aliphatic heterocycles. The summed E-state index contributed by atoms with van der Waals surface area (Å²) in [5, 5.41) is 6.37. The molecule has 1 aromatic heterocycles. The quantitative estimate of drug-likeness (QED) is 0.653. The number of hydrogen-bond donors (Lipinski definition) is 2. The normalized spacial score (nSPS) is 10.3. The van der Waals surface area contributed by atoms with Crippen molar-refractivity contribution in [2.75, 3.05) is 12.4 Å². The van der Waals surface area contributed by atoms with Crippen LogP contribution in [0.15, 0.2) is 60.8 Å². The molecule has 5 nitrogen and oxygen atoms in total. The first kappa shape index (κ1) is 18.7. The summed E-state index contributed by atoms with van der Waals surface area (Å²) in [5.74, 6) is -0.157. The number of carbonyl (C=O) groups is 1. The third-order valence-electron chi connectivity index (χ3n) is 3.83. The van der Waals surface area contributed by atoms with Crippen LogP contribution < -0.4 is 15.4 Å². The summed E-state index contributed by atoms with van der Waals surface area (Å²) in [4.78, 5) is 16.4. The number of nitrogens with zero attached hydrogens (tertiary/aromatic N) is 1. The predicted molar refractivity (Wildman–Crippen MR) is 103 cm³/mol. The van der Waals surface area contributed by atoms with Crippen LogP contribution in [0.1, 0.15) is 16.1 Å². The molecule has 0 saturated carbocycles. The summed E-state index contributed by atoms with van der Waals surface area (Å²) in [6.07, 6.45) is 1.51. The fourth-order valence-corrected chi connectivity index (χ4v) is 2.65. The molecule has 3 rings (SSSR count). The molecule has 0 saturated heterocycles. The highest BCUT2D eigenvalue weighted by atomic mass is 35.5. The number of aromatic nitrogens is 1. The highest BCUT2D eigenvalue weighted by molar-refractivity contribution is 6.31. The molecule has 0 unspecified atom stereocenters. The molecule has 0 aliphatic carbocycles. The molecular formula is C20H17ClFN3O2. The number of carbonyl (C=O) groups excluding carboxylic acids is 1. The molecular weight excluding hydrogens is 369 g/mol. The summed E-state index contributed by atoms with van der Waals surface area (Å²) in [7, 11) is 1.56. The first-order valence-corrected chi connectivity index (χ1v) is 8.53. The Morgan fingerprint density at radius 3 is 2.78 bits per heavy atom. The zero-order valence-electron chi connectivity index (χ0n) is 14.5. The van der Waals surface area contributed by atoms with E-state index in [1.165, 1.54) is 12.3 Å². The molecule has 0 radical (unpaired) electrons. The minimum Gasteiger partial charge on any atom is -0.495 e. The van der Waals surface area contributed by atoms with Crippen LogP contribution >= 0.6 is 11.6 Å². The Kier molecular flexibility index (Phi) is 5.88. The minimum atomic E-state index is -0.403. The number of nitrogens with one attached hydrogen (secondary N) is 2. The van der Waals surface area contributed by atoms with Gasteiger partial charge in [-0.15, -0.1) is 0 Å². The zero-order valence-corrected chi connectivity index (χ0v) is 15.3. The van der Waals surface area contributed by atoms with Crippen LogP contribution in [-0.2, 0) is 6.54 Å². The number of pyridine rings is 1. The third kappa shape index (κ3) is 4.74. The maximum Gasteiger partial charge on any atom is 0.270 e. The van der Waals surface area contributed by atoms with Crippen molar-refractivity contribution in [3.8, 4) is 5.75 Å². The second-order valence-corrected chi connectivity index (χ2v) is 6.11. The van der Waals surface area contributed by atoms with Gasteiger partial charge in [-0.2, -0.15) is 0 Å². The smallest absolute Gasteiger partial charge is 0.270 e. The van der Waals surface area contributed by atoms with E-state index < -0.39 is 5.91 Å². The Hall–Kier alpha value is -3.12. The Morgan fingerprint density at radius 1 is 1.19 bits per heavy atom. The number of methoxy groups -OCH3 is 1. The largest absolute Gasteiger partial charge is 0.495 e. The Labute approximate surface area is 161 Å². The number of amides is 1. The lowest BCUT2D eigenvalue weighted by atomic mass is 10.2. The van der Waals surface area contributed by atoms with Gasteiger partial charge in [0.2, 0.25) is 0 Å². The number of halogens is 2. The molecule has 27 heavy (non-hydrogen) atoms. The predicted octanol–water partition coefficient (Wildman–Crippen LogP) is 4.56. The van der Waals surface area contributed by atoms with E-state index in [9.17, 15) is 9.18 Å². The Balaban J connectivity index is 1.73. The van der Waals surface area contributed by atoms with Crippen LogP contribution in [0.4, 0.5) is 15.8 Å². The SMILES string of the molecule is COc1ccc(Cl)cc1Nc1ccnc(C(=O)NCc2ccccc2F)c1. The van der Waals surface area contributed by atoms with Gasteiger partial charge in [-0.05, 0) is 36.4 Å². The van der Waals surface area contributed by atoms with Crippen molar-refractivity contribution in [3.05, 3.63) is 82.9 Å². The molecule has 0 fully saturated rings. The van der Waals surface area contributed by atoms with Crippen LogP contribution in [0.5, 0.6) is 5.75 Å². The Bertz CT molecular complexity index is 965. The zero-order chi connectivity index (χ0) is 19.2. The molecule has 3 aromatic rings. The number of rotatable bonds is 6. The van der Waals surface area contributed by atoms with E-state index >= 15 is 0 Å². The summed E-state index contributed by atoms with van der Waals surface area (Å²) in [5.41, 5.74) is 1.91. The monoisotopic (exact) mass is 385 g/mol. The first-order valence-electron chi connectivity index (χ1n) is 8.15. The van der Waals surface area contributed by atoms with E-state index in [2.05, 4.69) is 15.6 Å². The van der Waals surface area contributed by atoms with Gasteiger partial charge < -0.3 is 15.4 Å². The lowest BCUT2D eigenvalue weighted by Crippen LogP contribution is -2.24. The van der Waals surface area contributed by atoms with E-state index in [0.29, 0.717) is 27.7 Å². The van der Waals surface area contributed by atoms with Crippen LogP contribution in [-0.4, -0.2) is 18.0 Å². The van der Waals surface area contributed by atoms with Gasteiger partial charge in [0.15, 0.2) is 0 Å². The third-order valence-corrected chi connectivity index (χ3v) is 4.07. The van der Waals surface area contributed by atoms with Gasteiger partial charge in [-0.1, -0.05) is 29.8 Å². The molecule has 2 aromatic carbocycles. The number of benzene rings is 2. The average Bonchev–Trinajstić information content (AvgIpc) is 2.67. The van der Waals surface area contributed by atoms with Crippen molar-refractivity contribution in [2.45, 2.75) is 6.54 Å². The number of hydrogen-bond acceptors (Lipinski definition) is 4. The van der Waals surface area contributed by atoms with Gasteiger partial charge in [-0.3, -0.25) is 9.78 Å². The fourth-order valence-electron chi connectivity index (χ4n) is 2.47. The van der Waals surface area contributed by atoms with Crippen LogP contribution in [0.25, 0.3) is 0 Å². The standard InChI is InChI=1S/C20H17ClFN3O2/c1-27-19-7-6-14(21)10-17(19)25-15-8-9-23-18(11-15)20(26)24-12-13-4-2-3-5-16(13)22/h2-11H,12H2,1H3,(H,23,25)(H,24,26). The number of ether oxygens (including phenoxy) is 1. The van der Waals surface area contributed by atoms with Gasteiger partial charge in [0, 0.05) is 29.0 Å². The molecule has 2 N–H and O–H groups in total. The highest BCUT2D eigenvalue weighted by Gasteiger charge is 2.11. The van der Waals surface area contributed by atoms with Crippen LogP contribution in [0.3, 0.4) is 0 Å². The molecule has 0 aliphatic rings. The maximum absolute atomic E-state index is 13.7. The van der Waals surface area contributed by atoms with Crippen LogP contribution in [0.2, 0.25) is 5.02 Å². The van der Waals surface area contributed by atoms with Gasteiger partial charge in [0.05, 0.1) is 12.8 Å². The second kappa shape index (κ2) is 8.51. The van der Waals surface area contributed by atoms with Gasteiger partial charge in [0.1, 0.15) is 17.3 Å². The topological polar surface area (TPSA) is 63.2 Å². The van der Waals surface area contributed by atoms with Gasteiger partial charge in [0.25, 0.3) is 5.91 Å². The van der Waals surface area contributed by atoms with Crippen molar-refractivity contribution in [1.82, 2.24) is 10.3 Å². The summed E-state index contributed by atoms with van der Waals surface area (Å²) >= 11 is 6.03. The minimum absolute atomic E-state index is 0.0763. The molecule has 0 atom stereocenters. The lowest BCUT2D eigenvalue weighted by Gasteiger charge is -2.12. The lowest BCUT2D eigenvalue weighted by molar-refractivity contribution is 0.0945. The van der Waals surface area contributed by atoms with Gasteiger partial charge >= 0.3 is 0 Å². The summed E-state index contributed by atoms with van der Waals surface area (Å²) < 4.78 is 19.0. The molecule has 1 amide bonds. The number of anilines is 2. The van der Waals surface area contributed by atoms with E-state index in [-0.39, 0.29) is 18.1 Å². The summed E-state index contributed by atoms with van der Waals surface area (Å²) in [6.45, 7) is 0.0763. The molecule has 138 valence electrons. The Morgan fingerprint density at radius 2 is 2.00 bits per heavy atom. The van der Waals surface area contributed by atoms with E-state index in [0.717, 1.165) is 0 Å². The van der Waals surface area contributed by atoms with Gasteiger partial charge in [-0.25, -0.2) is 4.39 Å². The molecule has 0 bridgehead atoms. The first-order chi connectivity index (χ1) is 13.1. The van der Waals surface area contributed by atoms with Crippen molar-refractivity contribution < 1.29 is 13.9 Å². The van der Waals surface area contributed by atoms with E-state index in [1.54, 1.807) is 55.6 Å². The summed E-state index contributed by atoms with van der Waals surface area (Å²) in [6, 6.07) is 14.8. The highest BCUT2D eigenvalue weighted by Crippen LogP contribution is 2.30. The van der Waals surface area contributed by atoms with Crippen molar-refractivity contribution in [1.29, 1.82) is 0 Å². The van der Waals surface area contributed by atoms with Crippen molar-refractivity contribution >= 4 is 28.9 Å². The van der Waals surface area contributed by atoms with Crippen molar-refractivity contribution in [2.24, 2.45) is 0 Å². The van der Waals surface area contributed by atoms with E-state index in [1.807, 2.05) is 0 Å².